The van der Waals surface area contributed by atoms with Crippen LogP contribution in [0.5, 0.6) is 0 Å². The molecule has 1 aromatic rings. The standard InChI is InChI=1S/C15H19NO4S/c1-3-20-15(17)13-10-7-11-14(13)21(18,19)16(2)12-8-5-4-6-9-12/h4-6,8-9H,3,7,10-11H2,1-2H3. The lowest BCUT2D eigenvalue weighted by atomic mass is 10.2. The Morgan fingerprint density at radius 1 is 1.24 bits per heavy atom. The summed E-state index contributed by atoms with van der Waals surface area (Å²) in [4.78, 5) is 12.1. The van der Waals surface area contributed by atoms with Crippen LogP contribution in [0.3, 0.4) is 0 Å². The normalized spacial score (nSPS) is 15.1. The van der Waals surface area contributed by atoms with Crippen LogP contribution < -0.4 is 4.31 Å². The van der Waals surface area contributed by atoms with Crippen LogP contribution in [0.25, 0.3) is 0 Å². The number of benzene rings is 1. The average molecular weight is 309 g/mol. The van der Waals surface area contributed by atoms with Crippen LogP contribution in [-0.4, -0.2) is 28.0 Å². The number of anilines is 1. The van der Waals surface area contributed by atoms with Crippen molar-refractivity contribution in [2.24, 2.45) is 0 Å². The summed E-state index contributed by atoms with van der Waals surface area (Å²) in [5, 5.41) is 0. The molecule has 0 amide bonds. The number of esters is 1. The number of carbonyl (C=O) groups is 1. The molecule has 0 atom stereocenters. The Labute approximate surface area is 125 Å². The van der Waals surface area contributed by atoms with Crippen molar-refractivity contribution in [1.29, 1.82) is 0 Å². The van der Waals surface area contributed by atoms with Crippen LogP contribution in [0.1, 0.15) is 26.2 Å². The van der Waals surface area contributed by atoms with E-state index in [2.05, 4.69) is 0 Å². The molecule has 114 valence electrons. The van der Waals surface area contributed by atoms with Crippen molar-refractivity contribution in [1.82, 2.24) is 0 Å². The van der Waals surface area contributed by atoms with Crippen LogP contribution in [0.2, 0.25) is 0 Å². The largest absolute Gasteiger partial charge is 0.463 e. The number of hydrogen-bond donors (Lipinski definition) is 0. The van der Waals surface area contributed by atoms with Crippen LogP contribution in [-0.2, 0) is 19.6 Å². The van der Waals surface area contributed by atoms with Gasteiger partial charge in [0.25, 0.3) is 10.0 Å². The second kappa shape index (κ2) is 6.30. The average Bonchev–Trinajstić information content (AvgIpc) is 2.98. The fourth-order valence-corrected chi connectivity index (χ4v) is 4.01. The van der Waals surface area contributed by atoms with Gasteiger partial charge >= 0.3 is 5.97 Å². The molecule has 2 rings (SSSR count). The zero-order valence-electron chi connectivity index (χ0n) is 12.2. The summed E-state index contributed by atoms with van der Waals surface area (Å²) in [7, 11) is -2.19. The number of para-hydroxylation sites is 1. The minimum Gasteiger partial charge on any atom is -0.463 e. The predicted molar refractivity (Wildman–Crippen MR) is 81.3 cm³/mol. The Bertz CT molecular complexity index is 650. The zero-order valence-corrected chi connectivity index (χ0v) is 13.0. The molecule has 0 aromatic heterocycles. The third-order valence-corrected chi connectivity index (χ3v) is 5.49. The van der Waals surface area contributed by atoms with E-state index in [0.29, 0.717) is 30.5 Å². The highest BCUT2D eigenvalue weighted by molar-refractivity contribution is 7.96. The van der Waals surface area contributed by atoms with Crippen molar-refractivity contribution in [3.05, 3.63) is 40.8 Å². The lowest BCUT2D eigenvalue weighted by Gasteiger charge is -2.20. The van der Waals surface area contributed by atoms with E-state index in [4.69, 9.17) is 4.74 Å². The predicted octanol–water partition coefficient (Wildman–Crippen LogP) is 2.45. The number of carbonyl (C=O) groups excluding carboxylic acids is 1. The van der Waals surface area contributed by atoms with E-state index in [1.54, 1.807) is 31.2 Å². The number of ether oxygens (including phenoxy) is 1. The minimum absolute atomic E-state index is 0.187. The summed E-state index contributed by atoms with van der Waals surface area (Å²) in [5.41, 5.74) is 0.861. The zero-order chi connectivity index (χ0) is 15.5. The van der Waals surface area contributed by atoms with E-state index in [1.165, 1.54) is 11.4 Å². The molecule has 1 aromatic carbocycles. The highest BCUT2D eigenvalue weighted by atomic mass is 32.2. The summed E-state index contributed by atoms with van der Waals surface area (Å²) in [6, 6.07) is 8.81. The van der Waals surface area contributed by atoms with E-state index in [0.717, 1.165) is 0 Å². The molecule has 0 heterocycles. The first-order valence-electron chi connectivity index (χ1n) is 6.91. The van der Waals surface area contributed by atoms with Crippen LogP contribution in [0, 0.1) is 0 Å². The highest BCUT2D eigenvalue weighted by Crippen LogP contribution is 2.33. The maximum atomic E-state index is 12.7. The number of sulfonamides is 1. The van der Waals surface area contributed by atoms with Crippen molar-refractivity contribution in [3.63, 3.8) is 0 Å². The molecule has 0 radical (unpaired) electrons. The van der Waals surface area contributed by atoms with Gasteiger partial charge in [-0.05, 0) is 38.3 Å². The van der Waals surface area contributed by atoms with Gasteiger partial charge in [-0.3, -0.25) is 4.31 Å². The van der Waals surface area contributed by atoms with Gasteiger partial charge in [-0.15, -0.1) is 0 Å². The Balaban J connectivity index is 2.38. The second-order valence-corrected chi connectivity index (χ2v) is 6.77. The molecule has 0 saturated carbocycles. The number of nitrogens with zero attached hydrogens (tertiary/aromatic N) is 1. The van der Waals surface area contributed by atoms with Crippen molar-refractivity contribution in [3.8, 4) is 0 Å². The van der Waals surface area contributed by atoms with Crippen molar-refractivity contribution in [2.45, 2.75) is 26.2 Å². The Hall–Kier alpha value is -1.82. The summed E-state index contributed by atoms with van der Waals surface area (Å²) >= 11 is 0. The molecule has 0 fully saturated rings. The van der Waals surface area contributed by atoms with Gasteiger partial charge in [0.15, 0.2) is 0 Å². The Morgan fingerprint density at radius 3 is 2.52 bits per heavy atom. The van der Waals surface area contributed by atoms with Crippen molar-refractivity contribution >= 4 is 21.7 Å². The van der Waals surface area contributed by atoms with E-state index in [1.807, 2.05) is 6.07 Å². The van der Waals surface area contributed by atoms with E-state index >= 15 is 0 Å². The molecule has 0 N–H and O–H groups in total. The molecular weight excluding hydrogens is 290 g/mol. The lowest BCUT2D eigenvalue weighted by molar-refractivity contribution is -0.138. The molecule has 5 nitrogen and oxygen atoms in total. The van der Waals surface area contributed by atoms with Gasteiger partial charge in [0.2, 0.25) is 0 Å². The van der Waals surface area contributed by atoms with E-state index in [9.17, 15) is 13.2 Å². The molecule has 0 unspecified atom stereocenters. The smallest absolute Gasteiger partial charge is 0.335 e. The molecular formula is C15H19NO4S. The summed E-state index contributed by atoms with van der Waals surface area (Å²) in [6.07, 6.45) is 1.50. The molecule has 1 aliphatic carbocycles. The summed E-state index contributed by atoms with van der Waals surface area (Å²) < 4.78 is 31.6. The second-order valence-electron chi connectivity index (χ2n) is 4.78. The van der Waals surface area contributed by atoms with Gasteiger partial charge in [-0.1, -0.05) is 18.2 Å². The van der Waals surface area contributed by atoms with Crippen LogP contribution in [0.4, 0.5) is 5.69 Å². The molecule has 0 aliphatic heterocycles. The van der Waals surface area contributed by atoms with Crippen molar-refractivity contribution in [2.75, 3.05) is 18.0 Å². The minimum atomic E-state index is -3.69. The Kier molecular flexibility index (Phi) is 4.67. The van der Waals surface area contributed by atoms with Gasteiger partial charge in [-0.25, -0.2) is 13.2 Å². The number of hydrogen-bond acceptors (Lipinski definition) is 4. The van der Waals surface area contributed by atoms with Gasteiger partial charge in [0, 0.05) is 7.05 Å². The van der Waals surface area contributed by atoms with Crippen LogP contribution >= 0.6 is 0 Å². The molecule has 1 aliphatic rings. The summed E-state index contributed by atoms with van der Waals surface area (Å²) in [5.74, 6) is -0.518. The quantitative estimate of drug-likeness (QED) is 0.784. The fourth-order valence-electron chi connectivity index (χ4n) is 2.38. The molecule has 0 saturated heterocycles. The third-order valence-electron chi connectivity index (χ3n) is 3.48. The lowest BCUT2D eigenvalue weighted by Crippen LogP contribution is -2.28. The molecule has 21 heavy (non-hydrogen) atoms. The first-order chi connectivity index (χ1) is 9.98. The first kappa shape index (κ1) is 15.6. The molecule has 0 spiro atoms. The highest BCUT2D eigenvalue weighted by Gasteiger charge is 2.33. The van der Waals surface area contributed by atoms with E-state index in [-0.39, 0.29) is 11.5 Å². The molecule has 0 bridgehead atoms. The van der Waals surface area contributed by atoms with Gasteiger partial charge in [0.1, 0.15) is 0 Å². The van der Waals surface area contributed by atoms with Crippen molar-refractivity contribution < 1.29 is 17.9 Å². The topological polar surface area (TPSA) is 63.7 Å². The van der Waals surface area contributed by atoms with Gasteiger partial charge in [-0.2, -0.15) is 0 Å². The number of allylic oxidation sites excluding steroid dienone is 1. The number of rotatable bonds is 5. The SMILES string of the molecule is CCOC(=O)C1=C(S(=O)(=O)N(C)c2ccccc2)CCC1. The maximum Gasteiger partial charge on any atom is 0.335 e. The summed E-state index contributed by atoms with van der Waals surface area (Å²) in [6.45, 7) is 1.95. The monoisotopic (exact) mass is 309 g/mol. The third kappa shape index (κ3) is 3.10. The fraction of sp³-hybridized carbons (Fsp3) is 0.400. The van der Waals surface area contributed by atoms with Gasteiger partial charge in [0.05, 0.1) is 22.8 Å². The Morgan fingerprint density at radius 2 is 1.90 bits per heavy atom. The van der Waals surface area contributed by atoms with Gasteiger partial charge < -0.3 is 4.74 Å². The van der Waals surface area contributed by atoms with E-state index < -0.39 is 16.0 Å². The molecule has 6 heteroatoms. The maximum absolute atomic E-state index is 12.7. The first-order valence-corrected chi connectivity index (χ1v) is 8.35. The van der Waals surface area contributed by atoms with Crippen LogP contribution in [0.15, 0.2) is 40.8 Å².